The molecule has 41 heavy (non-hydrogen) atoms. The lowest BCUT2D eigenvalue weighted by Gasteiger charge is -2.25. The van der Waals surface area contributed by atoms with E-state index in [1.54, 1.807) is 6.20 Å². The van der Waals surface area contributed by atoms with Gasteiger partial charge in [0.1, 0.15) is 18.1 Å². The van der Waals surface area contributed by atoms with Crippen LogP contribution < -0.4 is 27.4 Å². The van der Waals surface area contributed by atoms with Crippen LogP contribution in [0.15, 0.2) is 43.0 Å². The second kappa shape index (κ2) is 14.1. The third-order valence-electron chi connectivity index (χ3n) is 6.42. The summed E-state index contributed by atoms with van der Waals surface area (Å²) in [4.78, 5) is 72.7. The van der Waals surface area contributed by atoms with Crippen molar-refractivity contribution in [3.05, 3.63) is 54.2 Å². The van der Waals surface area contributed by atoms with Gasteiger partial charge in [0, 0.05) is 41.8 Å². The van der Waals surface area contributed by atoms with Gasteiger partial charge in [-0.15, -0.1) is 0 Å². The molecule has 4 amide bonds. The van der Waals surface area contributed by atoms with Crippen molar-refractivity contribution in [3.63, 3.8) is 0 Å². The lowest BCUT2D eigenvalue weighted by Crippen LogP contribution is -2.58. The Morgan fingerprint density at radius 1 is 0.927 bits per heavy atom. The van der Waals surface area contributed by atoms with Gasteiger partial charge in [-0.05, 0) is 24.0 Å². The molecule has 4 atom stereocenters. The smallest absolute Gasteiger partial charge is 0.326 e. The highest BCUT2D eigenvalue weighted by atomic mass is 16.4. The summed E-state index contributed by atoms with van der Waals surface area (Å²) in [7, 11) is 0. The van der Waals surface area contributed by atoms with E-state index in [0.29, 0.717) is 11.3 Å². The third-order valence-corrected chi connectivity index (χ3v) is 6.42. The Morgan fingerprint density at radius 2 is 1.59 bits per heavy atom. The van der Waals surface area contributed by atoms with Crippen molar-refractivity contribution in [1.29, 1.82) is 0 Å². The van der Waals surface area contributed by atoms with Crippen molar-refractivity contribution < 1.29 is 29.1 Å². The number of aromatic nitrogens is 3. The van der Waals surface area contributed by atoms with Gasteiger partial charge in [-0.3, -0.25) is 19.2 Å². The van der Waals surface area contributed by atoms with Crippen molar-refractivity contribution >= 4 is 40.5 Å². The molecular formula is C27H36N8O6. The number of imidazole rings is 1. The first kappa shape index (κ1) is 30.8. The van der Waals surface area contributed by atoms with Crippen molar-refractivity contribution in [1.82, 2.24) is 30.9 Å². The molecule has 2 aromatic heterocycles. The number of fused-ring (bicyclic) bond motifs is 1. The van der Waals surface area contributed by atoms with Crippen LogP contribution in [0.25, 0.3) is 10.9 Å². The average Bonchev–Trinajstić information content (AvgIpc) is 3.56. The zero-order valence-electron chi connectivity index (χ0n) is 22.8. The molecule has 1 aromatic carbocycles. The van der Waals surface area contributed by atoms with E-state index in [1.807, 2.05) is 38.1 Å². The molecule has 10 N–H and O–H groups in total. The molecule has 0 bridgehead atoms. The standard InChI is InChI=1S/C27H36N8O6/c1-14(2)7-20(33-24(37)18(28)9-16-12-30-13-32-16)25(38)34-21(10-23(29)36)26(39)35-22(27(40)41)8-15-11-31-19-6-4-3-5-17(15)19/h3-6,11-14,18,20-22,31H,7-10,28H2,1-2H3,(H2,29,36)(H,30,32)(H,33,37)(H,34,38)(H,35,39)(H,40,41). The van der Waals surface area contributed by atoms with Crippen molar-refractivity contribution in [2.75, 3.05) is 0 Å². The lowest BCUT2D eigenvalue weighted by molar-refractivity contribution is -0.142. The summed E-state index contributed by atoms with van der Waals surface area (Å²) < 4.78 is 0. The van der Waals surface area contributed by atoms with Crippen molar-refractivity contribution in [3.8, 4) is 0 Å². The zero-order valence-corrected chi connectivity index (χ0v) is 22.8. The van der Waals surface area contributed by atoms with Gasteiger partial charge in [-0.1, -0.05) is 32.0 Å². The van der Waals surface area contributed by atoms with E-state index in [-0.39, 0.29) is 25.2 Å². The molecule has 2 heterocycles. The Hall–Kier alpha value is -4.72. The number of carbonyl (C=O) groups is 5. The normalized spacial score (nSPS) is 14.1. The summed E-state index contributed by atoms with van der Waals surface area (Å²) in [6.45, 7) is 3.68. The number of nitrogens with zero attached hydrogens (tertiary/aromatic N) is 1. The fourth-order valence-corrected chi connectivity index (χ4v) is 4.38. The predicted molar refractivity (Wildman–Crippen MR) is 149 cm³/mol. The number of H-pyrrole nitrogens is 2. The number of para-hydroxylation sites is 1. The van der Waals surface area contributed by atoms with E-state index < -0.39 is 60.2 Å². The maximum atomic E-state index is 13.2. The maximum absolute atomic E-state index is 13.2. The average molecular weight is 569 g/mol. The molecule has 0 aliphatic carbocycles. The Kier molecular flexibility index (Phi) is 10.6. The van der Waals surface area contributed by atoms with Gasteiger partial charge in [0.05, 0.1) is 18.8 Å². The molecule has 3 rings (SSSR count). The number of aromatic amines is 2. The molecule has 0 aliphatic rings. The number of benzene rings is 1. The van der Waals surface area contributed by atoms with E-state index in [9.17, 15) is 29.1 Å². The molecule has 0 aliphatic heterocycles. The van der Waals surface area contributed by atoms with Gasteiger partial charge >= 0.3 is 5.97 Å². The minimum atomic E-state index is -1.48. The zero-order chi connectivity index (χ0) is 30.1. The lowest BCUT2D eigenvalue weighted by atomic mass is 10.0. The first-order valence-corrected chi connectivity index (χ1v) is 13.1. The van der Waals surface area contributed by atoms with E-state index in [2.05, 4.69) is 30.9 Å². The molecule has 220 valence electrons. The summed E-state index contributed by atoms with van der Waals surface area (Å²) in [5.74, 6) is -4.48. The SMILES string of the molecule is CC(C)CC(NC(=O)C(N)Cc1cnc[nH]1)C(=O)NC(CC(N)=O)C(=O)NC(Cc1c[nH]c2ccccc12)C(=O)O. The van der Waals surface area contributed by atoms with E-state index >= 15 is 0 Å². The molecule has 14 heteroatoms. The number of hydrogen-bond acceptors (Lipinski definition) is 7. The fraction of sp³-hybridized carbons (Fsp3) is 0.407. The van der Waals surface area contributed by atoms with Gasteiger partial charge in [0.2, 0.25) is 23.6 Å². The fourth-order valence-electron chi connectivity index (χ4n) is 4.38. The molecule has 0 saturated heterocycles. The van der Waals surface area contributed by atoms with Gasteiger partial charge < -0.3 is 42.5 Å². The second-order valence-corrected chi connectivity index (χ2v) is 10.3. The van der Waals surface area contributed by atoms with Gasteiger partial charge in [-0.25, -0.2) is 9.78 Å². The second-order valence-electron chi connectivity index (χ2n) is 10.3. The summed E-state index contributed by atoms with van der Waals surface area (Å²) in [6, 6.07) is 2.39. The molecule has 4 unspecified atom stereocenters. The van der Waals surface area contributed by atoms with Gasteiger partial charge in [-0.2, -0.15) is 0 Å². The largest absolute Gasteiger partial charge is 0.480 e. The van der Waals surface area contributed by atoms with Crippen LogP contribution in [-0.4, -0.2) is 73.8 Å². The Balaban J connectivity index is 1.71. The minimum absolute atomic E-state index is 0.0362. The third kappa shape index (κ3) is 8.89. The first-order valence-electron chi connectivity index (χ1n) is 13.1. The molecule has 3 aromatic rings. The number of amides is 4. The van der Waals surface area contributed by atoms with Crippen LogP contribution in [0, 0.1) is 5.92 Å². The van der Waals surface area contributed by atoms with E-state index in [0.717, 1.165) is 10.9 Å². The highest BCUT2D eigenvalue weighted by Gasteiger charge is 2.32. The number of nitrogens with one attached hydrogen (secondary N) is 5. The minimum Gasteiger partial charge on any atom is -0.480 e. The number of carbonyl (C=O) groups excluding carboxylic acids is 4. The van der Waals surface area contributed by atoms with Crippen molar-refractivity contribution in [2.24, 2.45) is 17.4 Å². The number of nitrogens with two attached hydrogens (primary N) is 2. The molecule has 0 radical (unpaired) electrons. The van der Waals surface area contributed by atoms with Crippen LogP contribution in [0.1, 0.15) is 37.9 Å². The number of primary amides is 1. The van der Waals surface area contributed by atoms with Crippen LogP contribution in [-0.2, 0) is 36.8 Å². The Labute approximate surface area is 236 Å². The van der Waals surface area contributed by atoms with Crippen LogP contribution in [0.3, 0.4) is 0 Å². The van der Waals surface area contributed by atoms with Crippen LogP contribution >= 0.6 is 0 Å². The molecule has 14 nitrogen and oxygen atoms in total. The number of carboxylic acids is 1. The highest BCUT2D eigenvalue weighted by molar-refractivity contribution is 5.96. The van der Waals surface area contributed by atoms with Gasteiger partial charge in [0.25, 0.3) is 0 Å². The molecule has 0 fully saturated rings. The number of carboxylic acid groups (broad SMARTS) is 1. The first-order chi connectivity index (χ1) is 19.4. The number of aliphatic carboxylic acids is 1. The molecule has 0 saturated carbocycles. The van der Waals surface area contributed by atoms with Gasteiger partial charge in [0.15, 0.2) is 0 Å². The summed E-state index contributed by atoms with van der Waals surface area (Å²) >= 11 is 0. The number of hydrogen-bond donors (Lipinski definition) is 8. The predicted octanol–water partition coefficient (Wildman–Crippen LogP) is -0.536. The summed E-state index contributed by atoms with van der Waals surface area (Å²) in [5, 5.41) is 18.1. The Morgan fingerprint density at radius 3 is 2.22 bits per heavy atom. The quantitative estimate of drug-likeness (QED) is 0.118. The topological polar surface area (TPSA) is 238 Å². The van der Waals surface area contributed by atoms with Crippen LogP contribution in [0.2, 0.25) is 0 Å². The summed E-state index contributed by atoms with van der Waals surface area (Å²) in [6.07, 6.45) is 4.36. The monoisotopic (exact) mass is 568 g/mol. The van der Waals surface area contributed by atoms with Crippen LogP contribution in [0.4, 0.5) is 0 Å². The maximum Gasteiger partial charge on any atom is 0.326 e. The Bertz CT molecular complexity index is 1370. The number of rotatable bonds is 15. The van der Waals surface area contributed by atoms with E-state index in [1.165, 1.54) is 12.5 Å². The van der Waals surface area contributed by atoms with E-state index in [4.69, 9.17) is 11.5 Å². The van der Waals surface area contributed by atoms with Crippen LogP contribution in [0.5, 0.6) is 0 Å². The highest BCUT2D eigenvalue weighted by Crippen LogP contribution is 2.19. The van der Waals surface area contributed by atoms with Crippen molar-refractivity contribution in [2.45, 2.75) is 63.7 Å². The molecule has 0 spiro atoms. The molecular weight excluding hydrogens is 532 g/mol. The summed E-state index contributed by atoms with van der Waals surface area (Å²) in [5.41, 5.74) is 13.4.